The Labute approximate surface area is 203 Å². The summed E-state index contributed by atoms with van der Waals surface area (Å²) in [5, 5.41) is 6.32. The van der Waals surface area contributed by atoms with Crippen molar-refractivity contribution in [2.75, 3.05) is 5.32 Å². The predicted octanol–water partition coefficient (Wildman–Crippen LogP) is 7.02. The van der Waals surface area contributed by atoms with Gasteiger partial charge in [0.15, 0.2) is 10.7 Å². The smallest absolute Gasteiger partial charge is 0.257 e. The van der Waals surface area contributed by atoms with E-state index in [1.54, 1.807) is 12.1 Å². The zero-order chi connectivity index (χ0) is 23.7. The molecule has 0 unspecified atom stereocenters. The van der Waals surface area contributed by atoms with Crippen molar-refractivity contribution in [2.45, 2.75) is 33.6 Å². The largest absolute Gasteiger partial charge is 0.436 e. The number of amides is 1. The summed E-state index contributed by atoms with van der Waals surface area (Å²) in [7, 11) is 0. The van der Waals surface area contributed by atoms with Crippen molar-refractivity contribution in [3.8, 4) is 11.5 Å². The van der Waals surface area contributed by atoms with Gasteiger partial charge in [-0.25, -0.2) is 4.98 Å². The maximum Gasteiger partial charge on any atom is 0.257 e. The Morgan fingerprint density at radius 2 is 1.76 bits per heavy atom. The van der Waals surface area contributed by atoms with E-state index in [0.717, 1.165) is 27.8 Å². The van der Waals surface area contributed by atoms with Gasteiger partial charge in [-0.2, -0.15) is 0 Å². The first kappa shape index (κ1) is 23.0. The molecule has 0 atom stereocenters. The molecule has 2 N–H and O–H groups in total. The zero-order valence-electron chi connectivity index (χ0n) is 18.8. The summed E-state index contributed by atoms with van der Waals surface area (Å²) >= 11 is 11.7. The second-order valence-electron chi connectivity index (χ2n) is 8.38. The summed E-state index contributed by atoms with van der Waals surface area (Å²) in [6.07, 6.45) is 0. The normalized spacial score (nSPS) is 11.1. The third-order valence-electron chi connectivity index (χ3n) is 5.25. The lowest BCUT2D eigenvalue weighted by molar-refractivity contribution is 0.0977. The lowest BCUT2D eigenvalue weighted by atomic mass is 10.0. The van der Waals surface area contributed by atoms with Crippen LogP contribution in [0.4, 0.5) is 5.69 Å². The van der Waals surface area contributed by atoms with Gasteiger partial charge in [0.1, 0.15) is 5.52 Å². The number of rotatable bonds is 4. The van der Waals surface area contributed by atoms with E-state index in [-0.39, 0.29) is 11.0 Å². The number of fused-ring (bicyclic) bond motifs is 1. The van der Waals surface area contributed by atoms with Crippen molar-refractivity contribution < 1.29 is 9.21 Å². The van der Waals surface area contributed by atoms with E-state index in [0.29, 0.717) is 28.1 Å². The molecule has 0 bridgehead atoms. The van der Waals surface area contributed by atoms with E-state index in [2.05, 4.69) is 29.5 Å². The molecular weight excluding hydrogens is 454 g/mol. The molecule has 1 heterocycles. The number of hydrogen-bond donors (Lipinski definition) is 2. The second-order valence-corrected chi connectivity index (χ2v) is 9.20. The molecule has 1 aromatic heterocycles. The Morgan fingerprint density at radius 1 is 1.03 bits per heavy atom. The number of benzene rings is 3. The van der Waals surface area contributed by atoms with Gasteiger partial charge in [-0.3, -0.25) is 10.1 Å². The fraction of sp³-hybridized carbons (Fsp3) is 0.192. The number of halogens is 1. The molecule has 0 saturated heterocycles. The summed E-state index contributed by atoms with van der Waals surface area (Å²) in [4.78, 5) is 17.2. The van der Waals surface area contributed by atoms with E-state index < -0.39 is 0 Å². The highest BCUT2D eigenvalue weighted by Gasteiger charge is 2.14. The summed E-state index contributed by atoms with van der Waals surface area (Å²) in [5.41, 5.74) is 6.57. The topological polar surface area (TPSA) is 67.2 Å². The van der Waals surface area contributed by atoms with Crippen LogP contribution in [0.25, 0.3) is 22.6 Å². The average Bonchev–Trinajstić information content (AvgIpc) is 3.17. The molecular formula is C26H24ClN3O2S. The third kappa shape index (κ3) is 5.24. The van der Waals surface area contributed by atoms with Crippen molar-refractivity contribution in [3.63, 3.8) is 0 Å². The summed E-state index contributed by atoms with van der Waals surface area (Å²) in [6.45, 7) is 8.17. The Balaban J connectivity index is 1.54. The van der Waals surface area contributed by atoms with Gasteiger partial charge in [0.05, 0.1) is 10.7 Å². The van der Waals surface area contributed by atoms with Crippen LogP contribution >= 0.6 is 23.8 Å². The highest BCUT2D eigenvalue weighted by Crippen LogP contribution is 2.31. The fourth-order valence-electron chi connectivity index (χ4n) is 3.62. The van der Waals surface area contributed by atoms with Gasteiger partial charge in [-0.15, -0.1) is 0 Å². The summed E-state index contributed by atoms with van der Waals surface area (Å²) < 4.78 is 5.95. The average molecular weight is 478 g/mol. The van der Waals surface area contributed by atoms with Gasteiger partial charge >= 0.3 is 0 Å². The molecule has 0 spiro atoms. The van der Waals surface area contributed by atoms with Gasteiger partial charge < -0.3 is 9.73 Å². The van der Waals surface area contributed by atoms with Crippen molar-refractivity contribution >= 4 is 51.6 Å². The third-order valence-corrected chi connectivity index (χ3v) is 5.78. The number of aromatic nitrogens is 1. The van der Waals surface area contributed by atoms with Crippen molar-refractivity contribution in [1.29, 1.82) is 0 Å². The van der Waals surface area contributed by atoms with Crippen LogP contribution < -0.4 is 10.6 Å². The van der Waals surface area contributed by atoms with E-state index in [1.807, 2.05) is 56.3 Å². The number of oxazole rings is 1. The summed E-state index contributed by atoms with van der Waals surface area (Å²) in [5.74, 6) is 0.600. The quantitative estimate of drug-likeness (QED) is 0.309. The minimum Gasteiger partial charge on any atom is -0.436 e. The number of nitrogens with zero attached hydrogens (tertiary/aromatic N) is 1. The predicted molar refractivity (Wildman–Crippen MR) is 138 cm³/mol. The van der Waals surface area contributed by atoms with Gasteiger partial charge in [-0.1, -0.05) is 48.7 Å². The molecule has 0 aliphatic carbocycles. The molecule has 7 heteroatoms. The molecule has 3 aromatic carbocycles. The Bertz CT molecular complexity index is 1360. The molecule has 5 nitrogen and oxygen atoms in total. The number of anilines is 1. The number of aryl methyl sites for hydroxylation is 2. The highest BCUT2D eigenvalue weighted by atomic mass is 35.5. The van der Waals surface area contributed by atoms with E-state index in [4.69, 9.17) is 28.2 Å². The Kier molecular flexibility index (Phi) is 6.49. The molecule has 4 rings (SSSR count). The molecule has 0 saturated carbocycles. The van der Waals surface area contributed by atoms with Crippen molar-refractivity contribution in [1.82, 2.24) is 10.3 Å². The monoisotopic (exact) mass is 477 g/mol. The van der Waals surface area contributed by atoms with Crippen LogP contribution in [0.3, 0.4) is 0 Å². The standard InChI is InChI=1S/C26H24ClN3O2S/c1-14(2)17-6-8-23-22(12-17)28-25(32-23)18-5-7-20(27)21(13-18)29-26(33)30-24(31)19-10-15(3)9-16(4)11-19/h5-14H,1-4H3,(H2,29,30,31,33). The van der Waals surface area contributed by atoms with E-state index in [9.17, 15) is 4.79 Å². The minimum atomic E-state index is -0.286. The van der Waals surface area contributed by atoms with Crippen LogP contribution in [0.15, 0.2) is 59.0 Å². The molecule has 4 aromatic rings. The Hall–Kier alpha value is -3.22. The van der Waals surface area contributed by atoms with Crippen LogP contribution in [-0.2, 0) is 0 Å². The number of thiocarbonyl (C=S) groups is 1. The zero-order valence-corrected chi connectivity index (χ0v) is 20.4. The fourth-order valence-corrected chi connectivity index (χ4v) is 3.98. The van der Waals surface area contributed by atoms with E-state index in [1.165, 1.54) is 5.56 Å². The Morgan fingerprint density at radius 3 is 2.45 bits per heavy atom. The number of hydrogen-bond acceptors (Lipinski definition) is 4. The van der Waals surface area contributed by atoms with Crippen molar-refractivity contribution in [2.24, 2.45) is 0 Å². The van der Waals surface area contributed by atoms with Crippen molar-refractivity contribution in [3.05, 3.63) is 81.9 Å². The second kappa shape index (κ2) is 9.33. The molecule has 33 heavy (non-hydrogen) atoms. The number of nitrogens with one attached hydrogen (secondary N) is 2. The van der Waals surface area contributed by atoms with Crippen LogP contribution in [0.5, 0.6) is 0 Å². The maximum atomic E-state index is 12.6. The first-order valence-electron chi connectivity index (χ1n) is 10.6. The molecule has 0 aliphatic rings. The van der Waals surface area contributed by atoms with Gasteiger partial charge in [0.2, 0.25) is 5.89 Å². The lowest BCUT2D eigenvalue weighted by Gasteiger charge is -2.12. The van der Waals surface area contributed by atoms with Crippen LogP contribution in [0, 0.1) is 13.8 Å². The molecule has 168 valence electrons. The molecule has 1 amide bonds. The lowest BCUT2D eigenvalue weighted by Crippen LogP contribution is -2.34. The first-order valence-corrected chi connectivity index (χ1v) is 11.4. The van der Waals surface area contributed by atoms with E-state index >= 15 is 0 Å². The van der Waals surface area contributed by atoms with Crippen LogP contribution in [0.1, 0.15) is 46.8 Å². The maximum absolute atomic E-state index is 12.6. The van der Waals surface area contributed by atoms with Crippen LogP contribution in [0.2, 0.25) is 5.02 Å². The number of carbonyl (C=O) groups is 1. The first-order chi connectivity index (χ1) is 15.7. The van der Waals surface area contributed by atoms with Gasteiger partial charge in [-0.05, 0) is 80.0 Å². The summed E-state index contributed by atoms with van der Waals surface area (Å²) in [6, 6.07) is 17.0. The van der Waals surface area contributed by atoms with Gasteiger partial charge in [0.25, 0.3) is 5.91 Å². The SMILES string of the molecule is Cc1cc(C)cc(C(=O)NC(=S)Nc2cc(-c3nc4cc(C(C)C)ccc4o3)ccc2Cl)c1. The van der Waals surface area contributed by atoms with Crippen LogP contribution in [-0.4, -0.2) is 16.0 Å². The highest BCUT2D eigenvalue weighted by molar-refractivity contribution is 7.80. The molecule has 0 fully saturated rings. The van der Waals surface area contributed by atoms with Gasteiger partial charge in [0, 0.05) is 11.1 Å². The minimum absolute atomic E-state index is 0.150. The number of carbonyl (C=O) groups excluding carboxylic acids is 1. The molecule has 0 radical (unpaired) electrons. The molecule has 0 aliphatic heterocycles.